The third-order valence-electron chi connectivity index (χ3n) is 3.48. The fraction of sp³-hybridized carbons (Fsp3) is 0.909. The maximum atomic E-state index is 11.1. The van der Waals surface area contributed by atoms with E-state index >= 15 is 0 Å². The molecule has 0 saturated carbocycles. The van der Waals surface area contributed by atoms with Gasteiger partial charge in [-0.3, -0.25) is 4.79 Å². The Kier molecular flexibility index (Phi) is 5.02. The minimum atomic E-state index is -0.161. The first-order valence-electron chi connectivity index (χ1n) is 5.69. The number of esters is 1. The SMILES string of the molecule is COC(=O)CC1CCC2(CCNCC2)O1.Cl. The van der Waals surface area contributed by atoms with E-state index in [1.807, 2.05) is 0 Å². The lowest BCUT2D eigenvalue weighted by atomic mass is 9.89. The number of hydrogen-bond acceptors (Lipinski definition) is 4. The van der Waals surface area contributed by atoms with Crippen LogP contribution < -0.4 is 5.32 Å². The molecule has 0 aromatic carbocycles. The number of piperidine rings is 1. The van der Waals surface area contributed by atoms with Crippen LogP contribution in [0.1, 0.15) is 32.1 Å². The lowest BCUT2D eigenvalue weighted by molar-refractivity contribution is -0.145. The molecule has 0 aromatic heterocycles. The molecule has 0 bridgehead atoms. The lowest BCUT2D eigenvalue weighted by Crippen LogP contribution is -2.42. The van der Waals surface area contributed by atoms with Gasteiger partial charge in [-0.05, 0) is 38.8 Å². The molecule has 2 aliphatic heterocycles. The Hall–Kier alpha value is -0.320. The second-order valence-electron chi connectivity index (χ2n) is 4.49. The third-order valence-corrected chi connectivity index (χ3v) is 3.48. The molecule has 1 atom stereocenters. The van der Waals surface area contributed by atoms with Crippen LogP contribution >= 0.6 is 12.4 Å². The van der Waals surface area contributed by atoms with Crippen molar-refractivity contribution in [2.45, 2.75) is 43.8 Å². The molecular formula is C11H20ClNO3. The van der Waals surface area contributed by atoms with Gasteiger partial charge in [0.15, 0.2) is 0 Å². The van der Waals surface area contributed by atoms with Crippen LogP contribution in [-0.2, 0) is 14.3 Å². The number of ether oxygens (including phenoxy) is 2. The molecule has 0 aromatic rings. The van der Waals surface area contributed by atoms with Gasteiger partial charge in [-0.1, -0.05) is 0 Å². The Morgan fingerprint density at radius 2 is 2.12 bits per heavy atom. The monoisotopic (exact) mass is 249 g/mol. The normalized spacial score (nSPS) is 27.4. The van der Waals surface area contributed by atoms with Crippen LogP contribution in [0.5, 0.6) is 0 Å². The molecule has 16 heavy (non-hydrogen) atoms. The predicted molar refractivity (Wildman–Crippen MR) is 62.8 cm³/mol. The first kappa shape index (κ1) is 13.7. The van der Waals surface area contributed by atoms with E-state index in [2.05, 4.69) is 10.1 Å². The van der Waals surface area contributed by atoms with E-state index in [0.29, 0.717) is 6.42 Å². The standard InChI is InChI=1S/C11H19NO3.ClH/c1-14-10(13)8-9-2-3-11(15-9)4-6-12-7-5-11;/h9,12H,2-8H2,1H3;1H. The van der Waals surface area contributed by atoms with Gasteiger partial charge in [-0.2, -0.15) is 0 Å². The topological polar surface area (TPSA) is 47.6 Å². The average molecular weight is 250 g/mol. The summed E-state index contributed by atoms with van der Waals surface area (Å²) in [4.78, 5) is 11.1. The Morgan fingerprint density at radius 1 is 1.44 bits per heavy atom. The second-order valence-corrected chi connectivity index (χ2v) is 4.49. The summed E-state index contributed by atoms with van der Waals surface area (Å²) in [5, 5.41) is 3.33. The summed E-state index contributed by atoms with van der Waals surface area (Å²) in [7, 11) is 1.43. The van der Waals surface area contributed by atoms with Crippen LogP contribution in [0.3, 0.4) is 0 Å². The summed E-state index contributed by atoms with van der Waals surface area (Å²) in [5.41, 5.74) is 0.0595. The number of carbonyl (C=O) groups is 1. The van der Waals surface area contributed by atoms with Crippen LogP contribution in [0.15, 0.2) is 0 Å². The molecule has 0 aliphatic carbocycles. The van der Waals surface area contributed by atoms with Gasteiger partial charge in [0.25, 0.3) is 0 Å². The van der Waals surface area contributed by atoms with Crippen molar-refractivity contribution in [2.24, 2.45) is 0 Å². The first-order chi connectivity index (χ1) is 7.24. The summed E-state index contributed by atoms with van der Waals surface area (Å²) in [6, 6.07) is 0. The van der Waals surface area contributed by atoms with E-state index in [1.54, 1.807) is 0 Å². The molecule has 4 nitrogen and oxygen atoms in total. The van der Waals surface area contributed by atoms with Crippen molar-refractivity contribution in [3.8, 4) is 0 Å². The molecular weight excluding hydrogens is 230 g/mol. The molecule has 5 heteroatoms. The molecule has 1 spiro atoms. The van der Waals surface area contributed by atoms with Crippen LogP contribution in [0.4, 0.5) is 0 Å². The molecule has 94 valence electrons. The highest BCUT2D eigenvalue weighted by Crippen LogP contribution is 2.38. The molecule has 2 saturated heterocycles. The number of methoxy groups -OCH3 is 1. The van der Waals surface area contributed by atoms with E-state index in [4.69, 9.17) is 4.74 Å². The Bertz CT molecular complexity index is 241. The van der Waals surface area contributed by atoms with E-state index in [9.17, 15) is 4.79 Å². The average Bonchev–Trinajstić information content (AvgIpc) is 2.62. The van der Waals surface area contributed by atoms with Crippen LogP contribution in [0, 0.1) is 0 Å². The minimum absolute atomic E-state index is 0. The summed E-state index contributed by atoms with van der Waals surface area (Å²) < 4.78 is 10.7. The first-order valence-corrected chi connectivity index (χ1v) is 5.69. The summed E-state index contributed by atoms with van der Waals surface area (Å²) >= 11 is 0. The van der Waals surface area contributed by atoms with Gasteiger partial charge < -0.3 is 14.8 Å². The van der Waals surface area contributed by atoms with E-state index < -0.39 is 0 Å². The van der Waals surface area contributed by atoms with E-state index in [-0.39, 0.29) is 30.1 Å². The van der Waals surface area contributed by atoms with Crippen molar-refractivity contribution >= 4 is 18.4 Å². The van der Waals surface area contributed by atoms with Gasteiger partial charge in [0.2, 0.25) is 0 Å². The van der Waals surface area contributed by atoms with Gasteiger partial charge >= 0.3 is 5.97 Å². The molecule has 0 radical (unpaired) electrons. The zero-order chi connectivity index (χ0) is 10.7. The van der Waals surface area contributed by atoms with Crippen molar-refractivity contribution < 1.29 is 14.3 Å². The third kappa shape index (κ3) is 3.09. The Morgan fingerprint density at radius 3 is 2.75 bits per heavy atom. The number of nitrogens with one attached hydrogen (secondary N) is 1. The highest BCUT2D eigenvalue weighted by atomic mass is 35.5. The predicted octanol–water partition coefficient (Wildman–Crippen LogP) is 1.27. The van der Waals surface area contributed by atoms with Crippen LogP contribution in [-0.4, -0.2) is 37.9 Å². The van der Waals surface area contributed by atoms with E-state index in [1.165, 1.54) is 7.11 Å². The number of halogens is 1. The zero-order valence-corrected chi connectivity index (χ0v) is 10.5. The summed E-state index contributed by atoms with van der Waals surface area (Å²) in [6.07, 6.45) is 4.72. The fourth-order valence-electron chi connectivity index (χ4n) is 2.56. The van der Waals surface area contributed by atoms with Crippen LogP contribution in [0.2, 0.25) is 0 Å². The van der Waals surface area contributed by atoms with Gasteiger partial charge in [0.1, 0.15) is 0 Å². The molecule has 2 fully saturated rings. The van der Waals surface area contributed by atoms with Gasteiger partial charge in [0.05, 0.1) is 25.2 Å². The molecule has 2 rings (SSSR count). The van der Waals surface area contributed by atoms with Crippen molar-refractivity contribution in [3.05, 3.63) is 0 Å². The van der Waals surface area contributed by atoms with Gasteiger partial charge in [-0.25, -0.2) is 0 Å². The zero-order valence-electron chi connectivity index (χ0n) is 9.66. The van der Waals surface area contributed by atoms with Gasteiger partial charge in [0, 0.05) is 0 Å². The molecule has 2 heterocycles. The number of carbonyl (C=O) groups excluding carboxylic acids is 1. The largest absolute Gasteiger partial charge is 0.469 e. The molecule has 0 amide bonds. The Labute approximate surface area is 102 Å². The maximum Gasteiger partial charge on any atom is 0.308 e. The summed E-state index contributed by atoms with van der Waals surface area (Å²) in [6.45, 7) is 2.07. The minimum Gasteiger partial charge on any atom is -0.469 e. The van der Waals surface area contributed by atoms with Crippen molar-refractivity contribution in [2.75, 3.05) is 20.2 Å². The lowest BCUT2D eigenvalue weighted by Gasteiger charge is -2.33. The molecule has 1 unspecified atom stereocenters. The second kappa shape index (κ2) is 5.84. The smallest absolute Gasteiger partial charge is 0.308 e. The highest BCUT2D eigenvalue weighted by molar-refractivity contribution is 5.85. The Balaban J connectivity index is 0.00000128. The molecule has 2 aliphatic rings. The highest BCUT2D eigenvalue weighted by Gasteiger charge is 2.41. The molecule has 1 N–H and O–H groups in total. The summed E-state index contributed by atoms with van der Waals surface area (Å²) in [5.74, 6) is -0.161. The number of rotatable bonds is 2. The van der Waals surface area contributed by atoms with Crippen LogP contribution in [0.25, 0.3) is 0 Å². The van der Waals surface area contributed by atoms with Crippen molar-refractivity contribution in [3.63, 3.8) is 0 Å². The van der Waals surface area contributed by atoms with Crippen molar-refractivity contribution in [1.82, 2.24) is 5.32 Å². The quantitative estimate of drug-likeness (QED) is 0.749. The maximum absolute atomic E-state index is 11.1. The van der Waals surface area contributed by atoms with E-state index in [0.717, 1.165) is 38.8 Å². The fourth-order valence-corrected chi connectivity index (χ4v) is 2.56. The van der Waals surface area contributed by atoms with Crippen molar-refractivity contribution in [1.29, 1.82) is 0 Å². The number of hydrogen-bond donors (Lipinski definition) is 1. The van der Waals surface area contributed by atoms with Gasteiger partial charge in [-0.15, -0.1) is 12.4 Å².